The summed E-state index contributed by atoms with van der Waals surface area (Å²) in [6.07, 6.45) is 5.07. The summed E-state index contributed by atoms with van der Waals surface area (Å²) in [5.74, 6) is 0. The van der Waals surface area contributed by atoms with Gasteiger partial charge in [-0.2, -0.15) is 0 Å². The zero-order valence-electron chi connectivity index (χ0n) is 13.7. The van der Waals surface area contributed by atoms with Crippen LogP contribution in [0.15, 0.2) is 66.7 Å². The lowest BCUT2D eigenvalue weighted by molar-refractivity contribution is 0.576. The zero-order valence-corrected chi connectivity index (χ0v) is 13.7. The number of rotatable bonds is 3. The Kier molecular flexibility index (Phi) is 3.78. The molecule has 0 aliphatic heterocycles. The predicted molar refractivity (Wildman–Crippen MR) is 96.8 cm³/mol. The first-order valence-electron chi connectivity index (χ1n) is 8.68. The number of hydrogen-bond acceptors (Lipinski definition) is 0. The minimum atomic E-state index is 0.369. The van der Waals surface area contributed by atoms with E-state index in [-0.39, 0.29) is 0 Å². The van der Waals surface area contributed by atoms with E-state index in [1.165, 1.54) is 42.5 Å². The van der Waals surface area contributed by atoms with Crippen LogP contribution in [-0.2, 0) is 12.8 Å². The van der Waals surface area contributed by atoms with Gasteiger partial charge >= 0.3 is 0 Å². The first-order chi connectivity index (χ1) is 11.3. The minimum absolute atomic E-state index is 0.369. The second kappa shape index (κ2) is 6.08. The van der Waals surface area contributed by atoms with Gasteiger partial charge in [-0.15, -0.1) is 0 Å². The summed E-state index contributed by atoms with van der Waals surface area (Å²) in [5.41, 5.74) is 7.18. The number of nitrogens with zero attached hydrogens (tertiary/aromatic N) is 1. The molecular weight excluding hydrogens is 278 g/mol. The third-order valence-electron chi connectivity index (χ3n) is 5.08. The molecule has 0 N–H and O–H groups in total. The maximum atomic E-state index is 2.58. The van der Waals surface area contributed by atoms with Crippen LogP contribution in [-0.4, -0.2) is 4.57 Å². The molecule has 1 aliphatic carbocycles. The second-order valence-electron chi connectivity index (χ2n) is 6.53. The molecular formula is C22H23N. The van der Waals surface area contributed by atoms with Gasteiger partial charge in [0.1, 0.15) is 0 Å². The first-order valence-corrected chi connectivity index (χ1v) is 8.68. The van der Waals surface area contributed by atoms with E-state index < -0.39 is 0 Å². The SMILES string of the molecule is C[C@@H](c1ccccc1)n1c(-c2ccccc2)cc2c1CCCC2. The van der Waals surface area contributed by atoms with Crippen LogP contribution in [0.5, 0.6) is 0 Å². The summed E-state index contributed by atoms with van der Waals surface area (Å²) in [6, 6.07) is 24.5. The number of aromatic nitrogens is 1. The summed E-state index contributed by atoms with van der Waals surface area (Å²) in [4.78, 5) is 0. The van der Waals surface area contributed by atoms with Gasteiger partial charge in [-0.25, -0.2) is 0 Å². The van der Waals surface area contributed by atoms with E-state index >= 15 is 0 Å². The third-order valence-corrected chi connectivity index (χ3v) is 5.08. The Morgan fingerprint density at radius 3 is 2.22 bits per heavy atom. The molecule has 2 aromatic carbocycles. The normalized spacial score (nSPS) is 15.2. The summed E-state index contributed by atoms with van der Waals surface area (Å²) in [7, 11) is 0. The van der Waals surface area contributed by atoms with Crippen LogP contribution < -0.4 is 0 Å². The van der Waals surface area contributed by atoms with Crippen molar-refractivity contribution < 1.29 is 0 Å². The van der Waals surface area contributed by atoms with Crippen LogP contribution in [0.3, 0.4) is 0 Å². The molecule has 1 aromatic heterocycles. The maximum absolute atomic E-state index is 2.58. The van der Waals surface area contributed by atoms with Gasteiger partial charge in [0.15, 0.2) is 0 Å². The van der Waals surface area contributed by atoms with E-state index in [4.69, 9.17) is 0 Å². The molecule has 116 valence electrons. The molecule has 0 saturated carbocycles. The molecule has 0 fully saturated rings. The standard InChI is InChI=1S/C22H23N/c1-17(18-10-4-2-5-11-18)23-21-15-9-8-14-20(21)16-22(23)19-12-6-3-7-13-19/h2-7,10-13,16-17H,8-9,14-15H2,1H3/t17-/m0/s1. The lowest BCUT2D eigenvalue weighted by atomic mass is 9.97. The summed E-state index contributed by atoms with van der Waals surface area (Å²) in [5, 5.41) is 0. The van der Waals surface area contributed by atoms with Crippen molar-refractivity contribution in [1.82, 2.24) is 4.57 Å². The lowest BCUT2D eigenvalue weighted by Crippen LogP contribution is -2.14. The highest BCUT2D eigenvalue weighted by Gasteiger charge is 2.22. The lowest BCUT2D eigenvalue weighted by Gasteiger charge is -2.23. The van der Waals surface area contributed by atoms with Crippen molar-refractivity contribution in [3.8, 4) is 11.3 Å². The van der Waals surface area contributed by atoms with Gasteiger partial charge in [-0.3, -0.25) is 0 Å². The van der Waals surface area contributed by atoms with Crippen LogP contribution in [0.4, 0.5) is 0 Å². The summed E-state index contributed by atoms with van der Waals surface area (Å²) in [6.45, 7) is 2.33. The van der Waals surface area contributed by atoms with Crippen LogP contribution in [0.25, 0.3) is 11.3 Å². The first kappa shape index (κ1) is 14.3. The monoisotopic (exact) mass is 301 g/mol. The van der Waals surface area contributed by atoms with Gasteiger partial charge in [0, 0.05) is 11.4 Å². The van der Waals surface area contributed by atoms with Gasteiger partial charge < -0.3 is 4.57 Å². The highest BCUT2D eigenvalue weighted by molar-refractivity contribution is 5.63. The third kappa shape index (κ3) is 2.61. The Labute approximate surface area is 138 Å². The summed E-state index contributed by atoms with van der Waals surface area (Å²) < 4.78 is 2.58. The van der Waals surface area contributed by atoms with E-state index in [9.17, 15) is 0 Å². The van der Waals surface area contributed by atoms with Crippen molar-refractivity contribution in [3.63, 3.8) is 0 Å². The molecule has 0 bridgehead atoms. The van der Waals surface area contributed by atoms with E-state index in [0.717, 1.165) is 0 Å². The van der Waals surface area contributed by atoms with E-state index in [2.05, 4.69) is 78.2 Å². The Morgan fingerprint density at radius 2 is 1.48 bits per heavy atom. The fourth-order valence-electron chi connectivity index (χ4n) is 3.88. The van der Waals surface area contributed by atoms with Crippen molar-refractivity contribution in [2.75, 3.05) is 0 Å². The quantitative estimate of drug-likeness (QED) is 0.589. The van der Waals surface area contributed by atoms with Crippen molar-refractivity contribution in [2.24, 2.45) is 0 Å². The largest absolute Gasteiger partial charge is 0.337 e. The molecule has 1 aliphatic rings. The molecule has 1 nitrogen and oxygen atoms in total. The number of aryl methyl sites for hydroxylation is 1. The van der Waals surface area contributed by atoms with Gasteiger partial charge in [0.05, 0.1) is 6.04 Å². The Bertz CT molecular complexity index is 784. The highest BCUT2D eigenvalue weighted by atomic mass is 15.0. The van der Waals surface area contributed by atoms with Crippen molar-refractivity contribution in [3.05, 3.63) is 83.6 Å². The minimum Gasteiger partial charge on any atom is -0.337 e. The molecule has 0 saturated heterocycles. The number of fused-ring (bicyclic) bond motifs is 1. The maximum Gasteiger partial charge on any atom is 0.0560 e. The molecule has 0 amide bonds. The average Bonchev–Trinajstić information content (AvgIpc) is 3.02. The molecule has 1 heteroatoms. The molecule has 1 heterocycles. The highest BCUT2D eigenvalue weighted by Crippen LogP contribution is 2.35. The number of benzene rings is 2. The Hall–Kier alpha value is -2.28. The predicted octanol–water partition coefficient (Wildman–Crippen LogP) is 5.64. The van der Waals surface area contributed by atoms with Gasteiger partial charge in [0.2, 0.25) is 0 Å². The van der Waals surface area contributed by atoms with Crippen LogP contribution in [0, 0.1) is 0 Å². The molecule has 1 atom stereocenters. The van der Waals surface area contributed by atoms with Crippen LogP contribution >= 0.6 is 0 Å². The smallest absolute Gasteiger partial charge is 0.0560 e. The summed E-state index contributed by atoms with van der Waals surface area (Å²) >= 11 is 0. The molecule has 0 radical (unpaired) electrons. The van der Waals surface area contributed by atoms with Crippen molar-refractivity contribution in [2.45, 2.75) is 38.6 Å². The molecule has 4 rings (SSSR count). The fraction of sp³-hybridized carbons (Fsp3) is 0.273. The molecule has 23 heavy (non-hydrogen) atoms. The zero-order chi connectivity index (χ0) is 15.6. The van der Waals surface area contributed by atoms with E-state index in [0.29, 0.717) is 6.04 Å². The van der Waals surface area contributed by atoms with E-state index in [1.807, 2.05) is 0 Å². The van der Waals surface area contributed by atoms with Crippen molar-refractivity contribution >= 4 is 0 Å². The number of hydrogen-bond donors (Lipinski definition) is 0. The van der Waals surface area contributed by atoms with Gasteiger partial charge in [0.25, 0.3) is 0 Å². The van der Waals surface area contributed by atoms with Crippen LogP contribution in [0.1, 0.15) is 42.6 Å². The van der Waals surface area contributed by atoms with Gasteiger partial charge in [-0.05, 0) is 55.4 Å². The topological polar surface area (TPSA) is 4.93 Å². The van der Waals surface area contributed by atoms with Crippen molar-refractivity contribution in [1.29, 1.82) is 0 Å². The van der Waals surface area contributed by atoms with Crippen LogP contribution in [0.2, 0.25) is 0 Å². The average molecular weight is 301 g/mol. The fourth-order valence-corrected chi connectivity index (χ4v) is 3.88. The Balaban J connectivity index is 1.88. The molecule has 0 unspecified atom stereocenters. The second-order valence-corrected chi connectivity index (χ2v) is 6.53. The molecule has 0 spiro atoms. The van der Waals surface area contributed by atoms with Gasteiger partial charge in [-0.1, -0.05) is 60.7 Å². The Morgan fingerprint density at radius 1 is 0.826 bits per heavy atom. The van der Waals surface area contributed by atoms with E-state index in [1.54, 1.807) is 11.3 Å². The molecule has 3 aromatic rings.